The van der Waals surface area contributed by atoms with Crippen LogP contribution in [0.4, 0.5) is 9.52 Å². The summed E-state index contributed by atoms with van der Waals surface area (Å²) < 4.78 is 15.8. The van der Waals surface area contributed by atoms with Gasteiger partial charge < -0.3 is 10.4 Å². The number of hydrogen-bond acceptors (Lipinski definition) is 6. The number of rotatable bonds is 6. The largest absolute Gasteiger partial charge is 0.396 e. The van der Waals surface area contributed by atoms with Gasteiger partial charge in [-0.1, -0.05) is 48.3 Å². The molecule has 0 unspecified atom stereocenters. The molecular formula is C20H18ClFN4O2S2. The molecule has 6 nitrogen and oxygen atoms in total. The first-order valence-electron chi connectivity index (χ1n) is 9.33. The quantitative estimate of drug-likeness (QED) is 0.260. The molecule has 0 radical (unpaired) electrons. The van der Waals surface area contributed by atoms with Crippen LogP contribution in [0.5, 0.6) is 0 Å². The average Bonchev–Trinajstić information content (AvgIpc) is 3.46. The minimum Gasteiger partial charge on any atom is -0.396 e. The molecule has 30 heavy (non-hydrogen) atoms. The van der Waals surface area contributed by atoms with Crippen LogP contribution in [0, 0.1) is 5.82 Å². The Labute approximate surface area is 184 Å². The smallest absolute Gasteiger partial charge is 0.213 e. The second kappa shape index (κ2) is 9.30. The fourth-order valence-electron chi connectivity index (χ4n) is 2.84. The van der Waals surface area contributed by atoms with E-state index in [1.54, 1.807) is 18.3 Å². The van der Waals surface area contributed by atoms with Crippen molar-refractivity contribution in [2.24, 2.45) is 0 Å². The van der Waals surface area contributed by atoms with E-state index in [0.29, 0.717) is 38.7 Å². The van der Waals surface area contributed by atoms with E-state index in [4.69, 9.17) is 16.7 Å². The first-order chi connectivity index (χ1) is 14.6. The molecule has 0 bridgehead atoms. The van der Waals surface area contributed by atoms with Crippen molar-refractivity contribution in [2.45, 2.75) is 24.2 Å². The maximum absolute atomic E-state index is 15.0. The Kier molecular flexibility index (Phi) is 6.52. The molecule has 1 saturated carbocycles. The van der Waals surface area contributed by atoms with Crippen molar-refractivity contribution in [3.05, 3.63) is 35.2 Å². The van der Waals surface area contributed by atoms with Crippen molar-refractivity contribution in [3.63, 3.8) is 0 Å². The summed E-state index contributed by atoms with van der Waals surface area (Å²) in [5.41, 5.74) is 2.52. The summed E-state index contributed by atoms with van der Waals surface area (Å²) in [4.78, 5) is 15.2. The molecule has 156 valence electrons. The van der Waals surface area contributed by atoms with Crippen LogP contribution in [0.25, 0.3) is 32.2 Å². The summed E-state index contributed by atoms with van der Waals surface area (Å²) in [6.45, 7) is -0.0711. The van der Waals surface area contributed by atoms with E-state index in [1.807, 2.05) is 6.07 Å². The Hall–Kier alpha value is -2.20. The molecule has 3 N–H and O–H groups in total. The number of anilines is 1. The normalized spacial score (nSPS) is 12.6. The van der Waals surface area contributed by atoms with E-state index in [0.717, 1.165) is 15.8 Å². The zero-order valence-electron chi connectivity index (χ0n) is 15.7. The highest BCUT2D eigenvalue weighted by Crippen LogP contribution is 2.43. The van der Waals surface area contributed by atoms with Gasteiger partial charge in [-0.15, -0.1) is 11.8 Å². The topological polar surface area (TPSA) is 90.9 Å². The molecule has 2 aromatic heterocycles. The van der Waals surface area contributed by atoms with Crippen LogP contribution in [0.15, 0.2) is 29.3 Å². The van der Waals surface area contributed by atoms with Crippen molar-refractivity contribution in [3.8, 4) is 11.1 Å². The number of thiazole rings is 1. The van der Waals surface area contributed by atoms with Crippen LogP contribution in [-0.2, 0) is 4.79 Å². The number of carbonyl (C=O) groups excluding carboxylic acids is 1. The van der Waals surface area contributed by atoms with Gasteiger partial charge in [-0.05, 0) is 17.7 Å². The number of thioether (sulfide) groups is 1. The SMILES string of the molecule is C1CC1.O=CNc1nc2ccc(-c3c(Cl)c(F)c(SCCO)c4[nH]ncc34)cc2s1. The lowest BCUT2D eigenvalue weighted by Crippen LogP contribution is -1.94. The fraction of sp³-hybridized carbons (Fsp3) is 0.250. The third kappa shape index (κ3) is 4.29. The van der Waals surface area contributed by atoms with Crippen LogP contribution in [-0.4, -0.2) is 39.1 Å². The first kappa shape index (κ1) is 21.0. The molecule has 2 aromatic carbocycles. The Bertz CT molecular complexity index is 1210. The van der Waals surface area contributed by atoms with Crippen LogP contribution < -0.4 is 5.32 Å². The zero-order chi connectivity index (χ0) is 21.1. The zero-order valence-corrected chi connectivity index (χ0v) is 18.1. The Morgan fingerprint density at radius 3 is 2.87 bits per heavy atom. The van der Waals surface area contributed by atoms with E-state index in [1.165, 1.54) is 42.4 Å². The molecule has 1 aliphatic rings. The molecule has 0 saturated heterocycles. The van der Waals surface area contributed by atoms with Crippen LogP contribution >= 0.6 is 34.7 Å². The number of halogens is 2. The van der Waals surface area contributed by atoms with Gasteiger partial charge in [-0.2, -0.15) is 5.10 Å². The highest BCUT2D eigenvalue weighted by molar-refractivity contribution is 7.99. The molecule has 0 atom stereocenters. The number of nitrogens with one attached hydrogen (secondary N) is 2. The van der Waals surface area contributed by atoms with Gasteiger partial charge >= 0.3 is 0 Å². The number of carbonyl (C=O) groups is 1. The van der Waals surface area contributed by atoms with Crippen molar-refractivity contribution < 1.29 is 14.3 Å². The molecule has 4 aromatic rings. The van der Waals surface area contributed by atoms with Gasteiger partial charge in [0.15, 0.2) is 10.9 Å². The number of hydrogen-bond donors (Lipinski definition) is 3. The highest BCUT2D eigenvalue weighted by atomic mass is 35.5. The lowest BCUT2D eigenvalue weighted by molar-refractivity contribution is -0.105. The lowest BCUT2D eigenvalue weighted by Gasteiger charge is -2.12. The molecule has 0 aliphatic heterocycles. The fourth-order valence-corrected chi connectivity index (χ4v) is 4.89. The van der Waals surface area contributed by atoms with Crippen molar-refractivity contribution in [1.82, 2.24) is 15.2 Å². The van der Waals surface area contributed by atoms with Gasteiger partial charge in [0.05, 0.1) is 38.5 Å². The Morgan fingerprint density at radius 2 is 2.17 bits per heavy atom. The van der Waals surface area contributed by atoms with E-state index in [9.17, 15) is 9.18 Å². The van der Waals surface area contributed by atoms with Crippen molar-refractivity contribution in [1.29, 1.82) is 0 Å². The van der Waals surface area contributed by atoms with E-state index >= 15 is 0 Å². The number of amides is 1. The monoisotopic (exact) mass is 464 g/mol. The molecule has 5 rings (SSSR count). The first-order valence-corrected chi connectivity index (χ1v) is 11.5. The molecule has 2 heterocycles. The third-order valence-electron chi connectivity index (χ3n) is 4.30. The van der Waals surface area contributed by atoms with E-state index in [2.05, 4.69) is 20.5 Å². The number of aromatic amines is 1. The number of aliphatic hydroxyl groups is 1. The molecule has 0 spiro atoms. The standard InChI is InChI=1S/C17H12ClFN4O2S2.C3H6/c18-13-12(8-1-2-10-11(5-8)27-17(22-10)20-7-25)9-6-21-23-15(9)16(14(13)19)26-4-3-24;1-2-3-1/h1-2,5-7,24H,3-4H2,(H,21,23)(H,20,22,25);1-3H2. The minimum absolute atomic E-state index is 0.000514. The third-order valence-corrected chi connectivity index (χ3v) is 6.66. The summed E-state index contributed by atoms with van der Waals surface area (Å²) in [7, 11) is 0. The summed E-state index contributed by atoms with van der Waals surface area (Å²) in [6, 6.07) is 5.46. The molecule has 1 amide bonds. The number of fused-ring (bicyclic) bond motifs is 2. The van der Waals surface area contributed by atoms with Crippen LogP contribution in [0.2, 0.25) is 5.02 Å². The molecule has 1 aliphatic carbocycles. The summed E-state index contributed by atoms with van der Waals surface area (Å²) in [6.07, 6.45) is 6.68. The highest BCUT2D eigenvalue weighted by Gasteiger charge is 2.21. The number of nitrogens with zero attached hydrogens (tertiary/aromatic N) is 2. The van der Waals surface area contributed by atoms with Crippen molar-refractivity contribution in [2.75, 3.05) is 17.7 Å². The van der Waals surface area contributed by atoms with Gasteiger partial charge in [0.25, 0.3) is 0 Å². The summed E-state index contributed by atoms with van der Waals surface area (Å²) in [5, 5.41) is 19.6. The van der Waals surface area contributed by atoms with Crippen LogP contribution in [0.3, 0.4) is 0 Å². The molecular weight excluding hydrogens is 447 g/mol. The Morgan fingerprint density at radius 1 is 1.37 bits per heavy atom. The minimum atomic E-state index is -0.547. The summed E-state index contributed by atoms with van der Waals surface area (Å²) >= 11 is 8.89. The van der Waals surface area contributed by atoms with Gasteiger partial charge in [0.1, 0.15) is 0 Å². The van der Waals surface area contributed by atoms with E-state index in [-0.39, 0.29) is 11.6 Å². The van der Waals surface area contributed by atoms with Crippen molar-refractivity contribution >= 4 is 67.4 Å². The number of benzene rings is 2. The predicted molar refractivity (Wildman–Crippen MR) is 121 cm³/mol. The number of aromatic nitrogens is 3. The van der Waals surface area contributed by atoms with Gasteiger partial charge in [0, 0.05) is 16.7 Å². The summed E-state index contributed by atoms with van der Waals surface area (Å²) in [5.74, 6) is -0.199. The second-order valence-corrected chi connectivity index (χ2v) is 9.10. The molecule has 10 heteroatoms. The Balaban J connectivity index is 0.000000667. The number of aliphatic hydroxyl groups excluding tert-OH is 1. The maximum Gasteiger partial charge on any atom is 0.213 e. The van der Waals surface area contributed by atoms with Gasteiger partial charge in [-0.3, -0.25) is 9.89 Å². The lowest BCUT2D eigenvalue weighted by atomic mass is 10.0. The predicted octanol–water partition coefficient (Wildman–Crippen LogP) is 5.46. The van der Waals surface area contributed by atoms with E-state index < -0.39 is 5.82 Å². The number of H-pyrrole nitrogens is 1. The van der Waals surface area contributed by atoms with Gasteiger partial charge in [0.2, 0.25) is 6.41 Å². The maximum atomic E-state index is 15.0. The van der Waals surface area contributed by atoms with Gasteiger partial charge in [-0.25, -0.2) is 9.37 Å². The second-order valence-electron chi connectivity index (χ2n) is 6.59. The molecule has 1 fully saturated rings. The average molecular weight is 465 g/mol. The van der Waals surface area contributed by atoms with Crippen LogP contribution in [0.1, 0.15) is 19.3 Å².